The van der Waals surface area contributed by atoms with Crippen LogP contribution in [0.2, 0.25) is 0 Å². The van der Waals surface area contributed by atoms with Crippen molar-refractivity contribution in [2.24, 2.45) is 0 Å². The summed E-state index contributed by atoms with van der Waals surface area (Å²) in [7, 11) is 4.19. The van der Waals surface area contributed by atoms with E-state index in [1.54, 1.807) is 0 Å². The van der Waals surface area contributed by atoms with Crippen molar-refractivity contribution in [2.75, 3.05) is 44.4 Å². The van der Waals surface area contributed by atoms with E-state index in [0.717, 1.165) is 55.5 Å². The van der Waals surface area contributed by atoms with E-state index >= 15 is 0 Å². The molecule has 0 aromatic carbocycles. The molecule has 0 amide bonds. The molecule has 0 atom stereocenters. The topological polar surface area (TPSA) is 53.1 Å². The average molecular weight is 293 g/mol. The minimum absolute atomic E-state index is 0.329. The number of anilines is 2. The fourth-order valence-corrected chi connectivity index (χ4v) is 1.98. The molecular weight excluding hydrogens is 262 g/mol. The van der Waals surface area contributed by atoms with Gasteiger partial charge in [0.25, 0.3) is 0 Å². The molecule has 1 aromatic rings. The van der Waals surface area contributed by atoms with Crippen molar-refractivity contribution in [1.29, 1.82) is 0 Å². The molecule has 0 radical (unpaired) electrons. The molecule has 1 aromatic heterocycles. The third kappa shape index (κ3) is 5.87. The zero-order valence-corrected chi connectivity index (χ0v) is 14.5. The molecular formula is C16H31N5. The summed E-state index contributed by atoms with van der Waals surface area (Å²) in [6, 6.07) is 0. The Labute approximate surface area is 129 Å². The van der Waals surface area contributed by atoms with Crippen molar-refractivity contribution < 1.29 is 0 Å². The van der Waals surface area contributed by atoms with Gasteiger partial charge < -0.3 is 15.5 Å². The minimum Gasteiger partial charge on any atom is -0.370 e. The number of hydrogen-bond acceptors (Lipinski definition) is 5. The van der Waals surface area contributed by atoms with E-state index in [1.807, 2.05) is 0 Å². The summed E-state index contributed by atoms with van der Waals surface area (Å²) in [6.45, 7) is 11.4. The van der Waals surface area contributed by atoms with E-state index in [0.29, 0.717) is 5.92 Å². The number of rotatable bonds is 9. The maximum Gasteiger partial charge on any atom is 0.135 e. The van der Waals surface area contributed by atoms with Crippen molar-refractivity contribution in [2.45, 2.75) is 46.5 Å². The second-order valence-electron chi connectivity index (χ2n) is 6.07. The molecule has 0 aliphatic carbocycles. The Bertz CT molecular complexity index is 429. The van der Waals surface area contributed by atoms with Crippen molar-refractivity contribution in [3.8, 4) is 0 Å². The lowest BCUT2D eigenvalue weighted by molar-refractivity contribution is 0.405. The highest BCUT2D eigenvalue weighted by atomic mass is 15.1. The summed E-state index contributed by atoms with van der Waals surface area (Å²) in [4.78, 5) is 11.5. The molecule has 5 heteroatoms. The Morgan fingerprint density at radius 2 is 1.62 bits per heavy atom. The molecule has 0 aliphatic rings. The molecule has 120 valence electrons. The predicted molar refractivity (Wildman–Crippen MR) is 91.3 cm³/mol. The van der Waals surface area contributed by atoms with Crippen LogP contribution < -0.4 is 10.6 Å². The van der Waals surface area contributed by atoms with E-state index < -0.39 is 0 Å². The molecule has 0 saturated heterocycles. The van der Waals surface area contributed by atoms with Gasteiger partial charge in [0.2, 0.25) is 0 Å². The van der Waals surface area contributed by atoms with Crippen molar-refractivity contribution in [3.63, 3.8) is 0 Å². The highest BCUT2D eigenvalue weighted by molar-refractivity contribution is 5.57. The quantitative estimate of drug-likeness (QED) is 0.685. The van der Waals surface area contributed by atoms with Crippen LogP contribution in [-0.2, 0) is 0 Å². The molecule has 1 heterocycles. The second-order valence-corrected chi connectivity index (χ2v) is 6.07. The predicted octanol–water partition coefficient (Wildman–Crippen LogP) is 3.09. The van der Waals surface area contributed by atoms with Crippen LogP contribution in [0.3, 0.4) is 0 Å². The van der Waals surface area contributed by atoms with Crippen molar-refractivity contribution in [3.05, 3.63) is 11.4 Å². The number of hydrogen-bond donors (Lipinski definition) is 2. The maximum absolute atomic E-state index is 4.68. The molecule has 0 unspecified atom stereocenters. The van der Waals surface area contributed by atoms with Gasteiger partial charge in [-0.3, -0.25) is 0 Å². The van der Waals surface area contributed by atoms with Crippen LogP contribution in [0.5, 0.6) is 0 Å². The van der Waals surface area contributed by atoms with Crippen LogP contribution in [0.4, 0.5) is 11.6 Å². The van der Waals surface area contributed by atoms with Gasteiger partial charge in [0.15, 0.2) is 0 Å². The lowest BCUT2D eigenvalue weighted by atomic mass is 10.2. The molecule has 1 rings (SSSR count). The summed E-state index contributed by atoms with van der Waals surface area (Å²) in [5.41, 5.74) is 1.11. The van der Waals surface area contributed by atoms with E-state index in [2.05, 4.69) is 67.3 Å². The average Bonchev–Trinajstić information content (AvgIpc) is 2.43. The molecule has 5 nitrogen and oxygen atoms in total. The van der Waals surface area contributed by atoms with Crippen LogP contribution in [0.1, 0.15) is 50.9 Å². The molecule has 0 spiro atoms. The van der Waals surface area contributed by atoms with Crippen LogP contribution in [0.15, 0.2) is 0 Å². The van der Waals surface area contributed by atoms with Crippen molar-refractivity contribution in [1.82, 2.24) is 14.9 Å². The monoisotopic (exact) mass is 293 g/mol. The summed E-state index contributed by atoms with van der Waals surface area (Å²) >= 11 is 0. The van der Waals surface area contributed by atoms with Gasteiger partial charge in [0, 0.05) is 24.6 Å². The molecule has 0 fully saturated rings. The smallest absolute Gasteiger partial charge is 0.135 e. The van der Waals surface area contributed by atoms with Gasteiger partial charge in [-0.25, -0.2) is 9.97 Å². The van der Waals surface area contributed by atoms with Crippen LogP contribution in [0, 0.1) is 6.92 Å². The maximum atomic E-state index is 4.68. The summed E-state index contributed by atoms with van der Waals surface area (Å²) in [5, 5.41) is 6.87. The standard InChI is InChI=1S/C16H31N5/c1-7-9-17-15-13(4)16(18-10-8-11-21(5)6)20-14(19-15)12(2)3/h12H,7-11H2,1-6H3,(H2,17,18,19,20). The van der Waals surface area contributed by atoms with Crippen LogP contribution in [-0.4, -0.2) is 48.6 Å². The first-order chi connectivity index (χ1) is 9.95. The normalized spacial score (nSPS) is 11.2. The van der Waals surface area contributed by atoms with E-state index in [9.17, 15) is 0 Å². The Morgan fingerprint density at radius 1 is 1.05 bits per heavy atom. The Morgan fingerprint density at radius 3 is 2.10 bits per heavy atom. The molecule has 0 bridgehead atoms. The lowest BCUT2D eigenvalue weighted by Crippen LogP contribution is -2.18. The Kier molecular flexibility index (Phi) is 7.43. The zero-order chi connectivity index (χ0) is 15.8. The van der Waals surface area contributed by atoms with Gasteiger partial charge in [-0.05, 0) is 40.4 Å². The summed E-state index contributed by atoms with van der Waals surface area (Å²) in [5.74, 6) is 3.15. The highest BCUT2D eigenvalue weighted by Gasteiger charge is 2.12. The lowest BCUT2D eigenvalue weighted by Gasteiger charge is -2.17. The van der Waals surface area contributed by atoms with E-state index in [-0.39, 0.29) is 0 Å². The third-order valence-electron chi connectivity index (χ3n) is 3.30. The SMILES string of the molecule is CCCNc1nc(C(C)C)nc(NCCCN(C)C)c1C. The van der Waals surface area contributed by atoms with Gasteiger partial charge in [0.1, 0.15) is 17.5 Å². The Balaban J connectivity index is 2.82. The molecule has 2 N–H and O–H groups in total. The number of nitrogens with zero attached hydrogens (tertiary/aromatic N) is 3. The number of nitrogens with one attached hydrogen (secondary N) is 2. The van der Waals surface area contributed by atoms with Crippen LogP contribution in [0.25, 0.3) is 0 Å². The van der Waals surface area contributed by atoms with E-state index in [4.69, 9.17) is 0 Å². The first kappa shape index (κ1) is 17.7. The Hall–Kier alpha value is -1.36. The second kappa shape index (κ2) is 8.82. The van der Waals surface area contributed by atoms with Gasteiger partial charge in [0.05, 0.1) is 0 Å². The van der Waals surface area contributed by atoms with Crippen LogP contribution >= 0.6 is 0 Å². The van der Waals surface area contributed by atoms with Gasteiger partial charge in [-0.1, -0.05) is 20.8 Å². The fraction of sp³-hybridized carbons (Fsp3) is 0.750. The largest absolute Gasteiger partial charge is 0.370 e. The van der Waals surface area contributed by atoms with Crippen molar-refractivity contribution >= 4 is 11.6 Å². The number of aromatic nitrogens is 2. The molecule has 0 saturated carbocycles. The molecule has 21 heavy (non-hydrogen) atoms. The highest BCUT2D eigenvalue weighted by Crippen LogP contribution is 2.23. The minimum atomic E-state index is 0.329. The summed E-state index contributed by atoms with van der Waals surface area (Å²) < 4.78 is 0. The fourth-order valence-electron chi connectivity index (χ4n) is 1.98. The first-order valence-electron chi connectivity index (χ1n) is 7.96. The first-order valence-corrected chi connectivity index (χ1v) is 7.96. The zero-order valence-electron chi connectivity index (χ0n) is 14.5. The summed E-state index contributed by atoms with van der Waals surface area (Å²) in [6.07, 6.45) is 2.19. The third-order valence-corrected chi connectivity index (χ3v) is 3.30. The van der Waals surface area contributed by atoms with Gasteiger partial charge in [-0.2, -0.15) is 0 Å². The van der Waals surface area contributed by atoms with E-state index in [1.165, 1.54) is 0 Å². The van der Waals surface area contributed by atoms with Gasteiger partial charge >= 0.3 is 0 Å². The molecule has 0 aliphatic heterocycles. The van der Waals surface area contributed by atoms with Gasteiger partial charge in [-0.15, -0.1) is 0 Å².